The lowest BCUT2D eigenvalue weighted by Crippen LogP contribution is -2.34. The van der Waals surface area contributed by atoms with Gasteiger partial charge in [0.05, 0.1) is 23.4 Å². The van der Waals surface area contributed by atoms with Crippen LogP contribution in [0.15, 0.2) is 42.5 Å². The van der Waals surface area contributed by atoms with Gasteiger partial charge < -0.3 is 20.1 Å². The standard InChI is InChI=1S/C25H23F7N2O4/c1-14(26)13-38-16-3-4-17(20(11-16)25(30,31)32)23(37)34-8-6-24(28,29)19(12-22(36)33-7-9-35)18-10-15(27)2-5-21(18)34/h2-5,10-12,14,35H,6-9,13H2,1H3,(H,33,36). The van der Waals surface area contributed by atoms with E-state index in [4.69, 9.17) is 9.84 Å². The number of ether oxygens (including phenoxy) is 1. The summed E-state index contributed by atoms with van der Waals surface area (Å²) in [4.78, 5) is 26.2. The number of carbonyl (C=O) groups excluding carboxylic acids is 2. The van der Waals surface area contributed by atoms with Crippen molar-refractivity contribution in [1.82, 2.24) is 5.32 Å². The number of fused-ring (bicyclic) bond motifs is 1. The molecular formula is C25H23F7N2O4. The number of alkyl halides is 6. The number of halogens is 7. The summed E-state index contributed by atoms with van der Waals surface area (Å²) in [7, 11) is 0. The summed E-state index contributed by atoms with van der Waals surface area (Å²) in [6.07, 6.45) is -7.14. The van der Waals surface area contributed by atoms with Crippen LogP contribution in [0.4, 0.5) is 36.4 Å². The smallest absolute Gasteiger partial charge is 0.417 e. The molecule has 2 N–H and O–H groups in total. The van der Waals surface area contributed by atoms with Crippen molar-refractivity contribution in [2.75, 3.05) is 31.2 Å². The minimum Gasteiger partial charge on any atom is -0.491 e. The summed E-state index contributed by atoms with van der Waals surface area (Å²) in [6, 6.07) is 4.75. The third-order valence-corrected chi connectivity index (χ3v) is 5.52. The average molecular weight is 548 g/mol. The van der Waals surface area contributed by atoms with E-state index in [0.29, 0.717) is 23.1 Å². The van der Waals surface area contributed by atoms with Gasteiger partial charge in [0.25, 0.3) is 11.8 Å². The number of carbonyl (C=O) groups is 2. The molecule has 0 fully saturated rings. The van der Waals surface area contributed by atoms with E-state index in [-0.39, 0.29) is 18.0 Å². The monoisotopic (exact) mass is 548 g/mol. The molecule has 0 bridgehead atoms. The second-order valence-electron chi connectivity index (χ2n) is 8.44. The van der Waals surface area contributed by atoms with Crippen LogP contribution in [0.5, 0.6) is 5.75 Å². The van der Waals surface area contributed by atoms with Gasteiger partial charge in [-0.15, -0.1) is 0 Å². The number of hydrogen-bond donors (Lipinski definition) is 2. The van der Waals surface area contributed by atoms with Gasteiger partial charge in [0, 0.05) is 36.7 Å². The zero-order valence-electron chi connectivity index (χ0n) is 19.9. The second-order valence-corrected chi connectivity index (χ2v) is 8.44. The number of anilines is 1. The van der Waals surface area contributed by atoms with E-state index in [9.17, 15) is 31.5 Å². The van der Waals surface area contributed by atoms with Gasteiger partial charge in [-0.2, -0.15) is 13.2 Å². The highest BCUT2D eigenvalue weighted by molar-refractivity contribution is 6.10. The van der Waals surface area contributed by atoms with Gasteiger partial charge in [0.2, 0.25) is 5.91 Å². The molecule has 1 unspecified atom stereocenters. The summed E-state index contributed by atoms with van der Waals surface area (Å²) in [6.45, 7) is -0.895. The Bertz CT molecular complexity index is 1230. The van der Waals surface area contributed by atoms with E-state index in [1.807, 2.05) is 0 Å². The molecule has 0 aromatic heterocycles. The normalized spacial score (nSPS) is 17.0. The molecule has 0 saturated carbocycles. The number of allylic oxidation sites excluding steroid dienone is 1. The molecule has 0 aliphatic carbocycles. The number of hydrogen-bond acceptors (Lipinski definition) is 4. The molecule has 1 aliphatic heterocycles. The lowest BCUT2D eigenvalue weighted by molar-refractivity contribution is -0.138. The van der Waals surface area contributed by atoms with Crippen molar-refractivity contribution in [1.29, 1.82) is 0 Å². The summed E-state index contributed by atoms with van der Waals surface area (Å²) in [5.41, 5.74) is -4.19. The van der Waals surface area contributed by atoms with Crippen LogP contribution in [-0.4, -0.2) is 55.3 Å². The molecule has 1 heterocycles. The fourth-order valence-corrected chi connectivity index (χ4v) is 3.81. The fraction of sp³-hybridized carbons (Fsp3) is 0.360. The number of aliphatic hydroxyl groups is 1. The quantitative estimate of drug-likeness (QED) is 0.387. The summed E-state index contributed by atoms with van der Waals surface area (Å²) in [5.74, 6) is -7.46. The average Bonchev–Trinajstić information content (AvgIpc) is 2.94. The van der Waals surface area contributed by atoms with Crippen LogP contribution in [0.2, 0.25) is 0 Å². The molecule has 3 rings (SSSR count). The first-order valence-electron chi connectivity index (χ1n) is 11.3. The molecular weight excluding hydrogens is 525 g/mol. The Morgan fingerprint density at radius 3 is 2.55 bits per heavy atom. The third-order valence-electron chi connectivity index (χ3n) is 5.52. The van der Waals surface area contributed by atoms with Crippen LogP contribution in [-0.2, 0) is 11.0 Å². The van der Waals surface area contributed by atoms with E-state index in [1.165, 1.54) is 0 Å². The third kappa shape index (κ3) is 6.63. The van der Waals surface area contributed by atoms with Gasteiger partial charge in [0.15, 0.2) is 0 Å². The molecule has 38 heavy (non-hydrogen) atoms. The van der Waals surface area contributed by atoms with E-state index in [2.05, 4.69) is 5.32 Å². The van der Waals surface area contributed by atoms with Crippen LogP contribution in [0.3, 0.4) is 0 Å². The first-order valence-corrected chi connectivity index (χ1v) is 11.3. The number of rotatable bonds is 7. The maximum atomic E-state index is 15.1. The highest BCUT2D eigenvalue weighted by atomic mass is 19.4. The molecule has 6 nitrogen and oxygen atoms in total. The Morgan fingerprint density at radius 1 is 1.21 bits per heavy atom. The lowest BCUT2D eigenvalue weighted by Gasteiger charge is -2.25. The van der Waals surface area contributed by atoms with Crippen molar-refractivity contribution in [3.8, 4) is 5.75 Å². The summed E-state index contributed by atoms with van der Waals surface area (Å²) >= 11 is 0. The second kappa shape index (κ2) is 11.4. The van der Waals surface area contributed by atoms with Crippen molar-refractivity contribution < 1.29 is 50.2 Å². The van der Waals surface area contributed by atoms with E-state index in [0.717, 1.165) is 31.2 Å². The van der Waals surface area contributed by atoms with Crippen LogP contribution in [0.25, 0.3) is 5.57 Å². The Balaban J connectivity index is 2.12. The Labute approximate surface area is 212 Å². The molecule has 0 spiro atoms. The van der Waals surface area contributed by atoms with Crippen LogP contribution in [0.1, 0.15) is 34.8 Å². The Morgan fingerprint density at radius 2 is 1.92 bits per heavy atom. The SMILES string of the molecule is CC(F)COc1ccc(C(=O)N2CCC(F)(F)C(=CC(=O)NCCO)c3cc(F)ccc32)c(C(F)(F)F)c1. The van der Waals surface area contributed by atoms with Gasteiger partial charge in [-0.05, 0) is 43.3 Å². The van der Waals surface area contributed by atoms with Crippen molar-refractivity contribution >= 4 is 23.1 Å². The van der Waals surface area contributed by atoms with Gasteiger partial charge in [0.1, 0.15) is 24.3 Å². The largest absolute Gasteiger partial charge is 0.491 e. The fourth-order valence-electron chi connectivity index (χ4n) is 3.81. The summed E-state index contributed by atoms with van der Waals surface area (Å²) < 4.78 is 104. The zero-order valence-corrected chi connectivity index (χ0v) is 19.9. The van der Waals surface area contributed by atoms with Crippen LogP contribution < -0.4 is 15.0 Å². The van der Waals surface area contributed by atoms with Crippen molar-refractivity contribution in [2.45, 2.75) is 31.6 Å². The predicted octanol–water partition coefficient (Wildman–Crippen LogP) is 4.76. The van der Waals surface area contributed by atoms with Gasteiger partial charge in [-0.25, -0.2) is 17.6 Å². The maximum absolute atomic E-state index is 15.1. The topological polar surface area (TPSA) is 78.9 Å². The molecule has 2 aromatic rings. The number of nitrogens with one attached hydrogen (secondary N) is 1. The molecule has 1 atom stereocenters. The van der Waals surface area contributed by atoms with Crippen molar-refractivity contribution in [3.63, 3.8) is 0 Å². The molecule has 13 heteroatoms. The molecule has 1 aliphatic rings. The van der Waals surface area contributed by atoms with E-state index < -0.39 is 84.3 Å². The first-order chi connectivity index (χ1) is 17.7. The molecule has 2 amide bonds. The van der Waals surface area contributed by atoms with Crippen LogP contribution in [0, 0.1) is 5.82 Å². The van der Waals surface area contributed by atoms with Crippen LogP contribution >= 0.6 is 0 Å². The Kier molecular flexibility index (Phi) is 8.70. The number of aliphatic hydroxyl groups excluding tert-OH is 1. The lowest BCUT2D eigenvalue weighted by atomic mass is 9.96. The highest BCUT2D eigenvalue weighted by Gasteiger charge is 2.43. The molecule has 206 valence electrons. The van der Waals surface area contributed by atoms with Crippen molar-refractivity contribution in [2.24, 2.45) is 0 Å². The minimum absolute atomic E-state index is 0.251. The van der Waals surface area contributed by atoms with Gasteiger partial charge in [-0.1, -0.05) is 0 Å². The van der Waals surface area contributed by atoms with Gasteiger partial charge in [-0.3, -0.25) is 9.59 Å². The minimum atomic E-state index is -5.07. The predicted molar refractivity (Wildman–Crippen MR) is 123 cm³/mol. The number of nitrogens with zero attached hydrogens (tertiary/aromatic N) is 1. The zero-order chi connectivity index (χ0) is 28.3. The molecule has 2 aromatic carbocycles. The summed E-state index contributed by atoms with van der Waals surface area (Å²) in [5, 5.41) is 11.0. The number of benzene rings is 2. The molecule has 0 saturated heterocycles. The van der Waals surface area contributed by atoms with Crippen molar-refractivity contribution in [3.05, 3.63) is 65.0 Å². The number of amides is 2. The highest BCUT2D eigenvalue weighted by Crippen LogP contribution is 2.44. The Hall–Kier alpha value is -3.61. The van der Waals surface area contributed by atoms with E-state index in [1.54, 1.807) is 0 Å². The van der Waals surface area contributed by atoms with E-state index >= 15 is 8.78 Å². The maximum Gasteiger partial charge on any atom is 0.417 e. The van der Waals surface area contributed by atoms with Gasteiger partial charge >= 0.3 is 6.18 Å². The molecule has 0 radical (unpaired) electrons. The first kappa shape index (κ1) is 29.0.